The number of nitro groups is 1. The number of benzene rings is 2. The average Bonchev–Trinajstić information content (AvgIpc) is 3.33. The van der Waals surface area contributed by atoms with Crippen molar-refractivity contribution >= 4 is 32.2 Å². The summed E-state index contributed by atoms with van der Waals surface area (Å²) < 4.78 is 38.0. The zero-order chi connectivity index (χ0) is 24.3. The summed E-state index contributed by atoms with van der Waals surface area (Å²) in [5, 5.41) is 13.8. The first-order valence-corrected chi connectivity index (χ1v) is 12.8. The Balaban J connectivity index is 1.42. The number of hydrogen-bond acceptors (Lipinski definition) is 9. The molecule has 0 saturated carbocycles. The molecule has 1 aliphatic rings. The van der Waals surface area contributed by atoms with Crippen molar-refractivity contribution in [1.29, 1.82) is 0 Å². The predicted molar refractivity (Wildman–Crippen MR) is 129 cm³/mol. The molecule has 1 aromatic heterocycles. The van der Waals surface area contributed by atoms with Crippen LogP contribution in [0.5, 0.6) is 11.5 Å². The van der Waals surface area contributed by atoms with E-state index in [1.165, 1.54) is 33.8 Å². The SMILES string of the molecule is COc1ccc(Cc2csc(N3CCN(S(=O)(=O)c4cccc([N+](=O)[O-])c4)CC3)n2)c(OC)c1. The van der Waals surface area contributed by atoms with Crippen molar-refractivity contribution in [3.63, 3.8) is 0 Å². The van der Waals surface area contributed by atoms with Crippen LogP contribution in [-0.2, 0) is 16.4 Å². The van der Waals surface area contributed by atoms with Gasteiger partial charge in [0.15, 0.2) is 5.13 Å². The summed E-state index contributed by atoms with van der Waals surface area (Å²) in [5.74, 6) is 1.45. The van der Waals surface area contributed by atoms with Crippen molar-refractivity contribution in [3.8, 4) is 11.5 Å². The van der Waals surface area contributed by atoms with E-state index in [4.69, 9.17) is 14.5 Å². The monoisotopic (exact) mass is 504 g/mol. The largest absolute Gasteiger partial charge is 0.497 e. The molecule has 1 saturated heterocycles. The number of piperazine rings is 1. The number of rotatable bonds is 8. The van der Waals surface area contributed by atoms with Crippen LogP contribution < -0.4 is 14.4 Å². The lowest BCUT2D eigenvalue weighted by Crippen LogP contribution is -2.48. The molecule has 2 aromatic carbocycles. The van der Waals surface area contributed by atoms with E-state index in [0.717, 1.165) is 34.0 Å². The van der Waals surface area contributed by atoms with E-state index in [9.17, 15) is 18.5 Å². The molecule has 34 heavy (non-hydrogen) atoms. The Labute approximate surface area is 201 Å². The van der Waals surface area contributed by atoms with Gasteiger partial charge < -0.3 is 14.4 Å². The van der Waals surface area contributed by atoms with Gasteiger partial charge in [0.25, 0.3) is 5.69 Å². The van der Waals surface area contributed by atoms with Crippen LogP contribution in [0.2, 0.25) is 0 Å². The minimum atomic E-state index is -3.81. The lowest BCUT2D eigenvalue weighted by Gasteiger charge is -2.33. The normalized spacial score (nSPS) is 14.7. The minimum Gasteiger partial charge on any atom is -0.497 e. The van der Waals surface area contributed by atoms with Gasteiger partial charge in [-0.15, -0.1) is 11.3 Å². The number of nitro benzene ring substituents is 1. The van der Waals surface area contributed by atoms with Crippen molar-refractivity contribution < 1.29 is 22.8 Å². The first kappa shape index (κ1) is 23.9. The van der Waals surface area contributed by atoms with Crippen LogP contribution in [0.1, 0.15) is 11.3 Å². The molecule has 2 heterocycles. The van der Waals surface area contributed by atoms with Gasteiger partial charge in [-0.1, -0.05) is 12.1 Å². The molecule has 3 aromatic rings. The van der Waals surface area contributed by atoms with E-state index < -0.39 is 14.9 Å². The summed E-state index contributed by atoms with van der Waals surface area (Å²) in [5.41, 5.74) is 1.65. The summed E-state index contributed by atoms with van der Waals surface area (Å²) >= 11 is 1.51. The predicted octanol–water partition coefficient (Wildman–Crippen LogP) is 3.17. The number of nitrogens with zero attached hydrogens (tertiary/aromatic N) is 4. The molecule has 0 spiro atoms. The van der Waals surface area contributed by atoms with Crippen LogP contribution in [0.15, 0.2) is 52.7 Å². The average molecular weight is 505 g/mol. The second kappa shape index (κ2) is 9.95. The van der Waals surface area contributed by atoms with E-state index in [2.05, 4.69) is 4.90 Å². The minimum absolute atomic E-state index is 0.0693. The Kier molecular flexibility index (Phi) is 7.00. The lowest BCUT2D eigenvalue weighted by molar-refractivity contribution is -0.385. The smallest absolute Gasteiger partial charge is 0.270 e. The van der Waals surface area contributed by atoms with Gasteiger partial charge in [-0.2, -0.15) is 4.31 Å². The standard InChI is InChI=1S/C22H24N4O6S2/c1-31-19-7-6-16(21(14-19)32-2)12-17-15-33-22(23-17)24-8-10-25(11-9-24)34(29,30)20-5-3-4-18(13-20)26(27)28/h3-7,13-15H,8-12H2,1-2H3. The van der Waals surface area contributed by atoms with Crippen LogP contribution >= 0.6 is 11.3 Å². The van der Waals surface area contributed by atoms with Crippen molar-refractivity contribution in [2.45, 2.75) is 11.3 Å². The molecule has 10 nitrogen and oxygen atoms in total. The summed E-state index contributed by atoms with van der Waals surface area (Å²) in [6.07, 6.45) is 0.602. The number of sulfonamides is 1. The fourth-order valence-corrected chi connectivity index (χ4v) is 6.08. The number of anilines is 1. The van der Waals surface area contributed by atoms with Crippen molar-refractivity contribution in [3.05, 3.63) is 69.2 Å². The first-order valence-electron chi connectivity index (χ1n) is 10.5. The second-order valence-corrected chi connectivity index (χ2v) is 10.4. The number of aromatic nitrogens is 1. The van der Waals surface area contributed by atoms with Crippen LogP contribution in [0.25, 0.3) is 0 Å². The Bertz CT molecular complexity index is 1290. The topological polar surface area (TPSA) is 115 Å². The zero-order valence-corrected chi connectivity index (χ0v) is 20.3. The maximum Gasteiger partial charge on any atom is 0.270 e. The first-order chi connectivity index (χ1) is 16.3. The molecule has 4 rings (SSSR count). The highest BCUT2D eigenvalue weighted by atomic mass is 32.2. The zero-order valence-electron chi connectivity index (χ0n) is 18.7. The third-order valence-corrected chi connectivity index (χ3v) is 8.43. The van der Waals surface area contributed by atoms with E-state index >= 15 is 0 Å². The highest BCUT2D eigenvalue weighted by Gasteiger charge is 2.30. The number of methoxy groups -OCH3 is 2. The molecular formula is C22H24N4O6S2. The Morgan fingerprint density at radius 3 is 2.53 bits per heavy atom. The molecule has 0 aliphatic carbocycles. The summed E-state index contributed by atoms with van der Waals surface area (Å²) in [6, 6.07) is 10.8. The molecule has 0 N–H and O–H groups in total. The van der Waals surface area contributed by atoms with Gasteiger partial charge in [0.2, 0.25) is 10.0 Å². The fourth-order valence-electron chi connectivity index (χ4n) is 3.74. The van der Waals surface area contributed by atoms with E-state index in [1.54, 1.807) is 14.2 Å². The Morgan fingerprint density at radius 1 is 1.09 bits per heavy atom. The van der Waals surface area contributed by atoms with Gasteiger partial charge in [0.05, 0.1) is 29.7 Å². The number of thiazole rings is 1. The number of ether oxygens (including phenoxy) is 2. The summed E-state index contributed by atoms with van der Waals surface area (Å²) in [4.78, 5) is 17.1. The highest BCUT2D eigenvalue weighted by molar-refractivity contribution is 7.89. The fraction of sp³-hybridized carbons (Fsp3) is 0.318. The summed E-state index contributed by atoms with van der Waals surface area (Å²) in [6.45, 7) is 1.50. The third kappa shape index (κ3) is 4.98. The van der Waals surface area contributed by atoms with Crippen LogP contribution in [-0.4, -0.2) is 63.0 Å². The van der Waals surface area contributed by atoms with Gasteiger partial charge in [-0.25, -0.2) is 13.4 Å². The van der Waals surface area contributed by atoms with E-state index in [-0.39, 0.29) is 23.7 Å². The van der Waals surface area contributed by atoms with E-state index in [0.29, 0.717) is 19.5 Å². The van der Waals surface area contributed by atoms with Crippen molar-refractivity contribution in [2.24, 2.45) is 0 Å². The lowest BCUT2D eigenvalue weighted by atomic mass is 10.1. The highest BCUT2D eigenvalue weighted by Crippen LogP contribution is 2.30. The molecule has 1 aliphatic heterocycles. The molecule has 180 valence electrons. The van der Waals surface area contributed by atoms with Gasteiger partial charge >= 0.3 is 0 Å². The molecular weight excluding hydrogens is 480 g/mol. The van der Waals surface area contributed by atoms with Crippen molar-refractivity contribution in [2.75, 3.05) is 45.3 Å². The Morgan fingerprint density at radius 2 is 1.85 bits per heavy atom. The van der Waals surface area contributed by atoms with Crippen LogP contribution in [0.3, 0.4) is 0 Å². The van der Waals surface area contributed by atoms with Crippen molar-refractivity contribution in [1.82, 2.24) is 9.29 Å². The maximum atomic E-state index is 13.0. The van der Waals surface area contributed by atoms with Gasteiger partial charge in [0, 0.05) is 61.7 Å². The maximum absolute atomic E-state index is 13.0. The van der Waals surface area contributed by atoms with Gasteiger partial charge in [0.1, 0.15) is 11.5 Å². The molecule has 0 atom stereocenters. The molecule has 0 bridgehead atoms. The number of hydrogen-bond donors (Lipinski definition) is 0. The molecule has 1 fully saturated rings. The van der Waals surface area contributed by atoms with Gasteiger partial charge in [-0.05, 0) is 12.1 Å². The third-order valence-electron chi connectivity index (χ3n) is 5.58. The molecule has 0 amide bonds. The van der Waals surface area contributed by atoms with Crippen LogP contribution in [0, 0.1) is 10.1 Å². The van der Waals surface area contributed by atoms with E-state index in [1.807, 2.05) is 23.6 Å². The van der Waals surface area contributed by atoms with Crippen LogP contribution in [0.4, 0.5) is 10.8 Å². The van der Waals surface area contributed by atoms with Gasteiger partial charge in [-0.3, -0.25) is 10.1 Å². The Hall–Kier alpha value is -3.22. The summed E-state index contributed by atoms with van der Waals surface area (Å²) in [7, 11) is -0.588. The quantitative estimate of drug-likeness (QED) is 0.339. The number of non-ortho nitro benzene ring substituents is 1. The molecule has 12 heteroatoms. The molecule has 0 unspecified atom stereocenters. The second-order valence-electron chi connectivity index (χ2n) is 7.62. The molecule has 0 radical (unpaired) electrons.